The van der Waals surface area contributed by atoms with Gasteiger partial charge in [-0.25, -0.2) is 4.79 Å². The monoisotopic (exact) mass is 410 g/mol. The van der Waals surface area contributed by atoms with Crippen molar-refractivity contribution in [3.8, 4) is 5.75 Å². The molecule has 2 aromatic rings. The van der Waals surface area contributed by atoms with Gasteiger partial charge in [0.1, 0.15) is 11.3 Å². The van der Waals surface area contributed by atoms with Gasteiger partial charge in [0.2, 0.25) is 11.8 Å². The Morgan fingerprint density at radius 3 is 2.90 bits per heavy atom. The Morgan fingerprint density at radius 2 is 2.07 bits per heavy atom. The number of phenols is 1. The molecule has 3 aliphatic heterocycles. The van der Waals surface area contributed by atoms with Crippen LogP contribution in [0.2, 0.25) is 0 Å². The van der Waals surface area contributed by atoms with Gasteiger partial charge in [0.05, 0.1) is 12.0 Å². The highest BCUT2D eigenvalue weighted by molar-refractivity contribution is 5.85. The summed E-state index contributed by atoms with van der Waals surface area (Å²) in [5.74, 6) is 0.861. The van der Waals surface area contributed by atoms with Crippen molar-refractivity contribution in [1.29, 1.82) is 0 Å². The molecule has 158 valence electrons. The Balaban J connectivity index is 1.37. The Bertz CT molecular complexity index is 1090. The summed E-state index contributed by atoms with van der Waals surface area (Å²) in [4.78, 5) is 41.9. The van der Waals surface area contributed by atoms with Crippen molar-refractivity contribution in [2.24, 2.45) is 11.8 Å². The molecule has 1 aromatic heterocycles. The quantitative estimate of drug-likeness (QED) is 0.767. The zero-order valence-corrected chi connectivity index (χ0v) is 17.1. The van der Waals surface area contributed by atoms with Crippen LogP contribution in [0, 0.1) is 18.8 Å². The summed E-state index contributed by atoms with van der Waals surface area (Å²) in [5, 5.41) is 10.4. The van der Waals surface area contributed by atoms with E-state index >= 15 is 0 Å². The number of piperidine rings is 3. The zero-order valence-electron chi connectivity index (χ0n) is 17.1. The molecule has 0 radical (unpaired) electrons. The topological polar surface area (TPSA) is 91.1 Å². The van der Waals surface area contributed by atoms with Crippen molar-refractivity contribution in [2.75, 3.05) is 19.6 Å². The van der Waals surface area contributed by atoms with Crippen LogP contribution < -0.4 is 5.63 Å². The van der Waals surface area contributed by atoms with Gasteiger partial charge in [0.25, 0.3) is 0 Å². The van der Waals surface area contributed by atoms with E-state index in [1.54, 1.807) is 12.1 Å². The minimum Gasteiger partial charge on any atom is -0.508 e. The number of nitrogens with zero attached hydrogens (tertiary/aromatic N) is 2. The molecule has 3 saturated heterocycles. The molecule has 3 aliphatic rings. The standard InChI is InChI=1S/C23H26N2O5/c1-13-17-6-5-16(26)8-20(17)30-23(29)18(13)9-22(28)24-10-14-7-15(12-24)19-3-2-4-21(27)25(19)11-14/h5-6,8,14-15,19,26H,2-4,7,9-12H2,1H3/t14-,15+,19+/m1/s1. The molecule has 2 amide bonds. The number of rotatable bonds is 2. The largest absolute Gasteiger partial charge is 0.508 e. The number of hydrogen-bond acceptors (Lipinski definition) is 5. The van der Waals surface area contributed by atoms with Crippen LogP contribution in [0.5, 0.6) is 5.75 Å². The maximum Gasteiger partial charge on any atom is 0.340 e. The number of amides is 2. The van der Waals surface area contributed by atoms with Crippen LogP contribution in [0.1, 0.15) is 36.8 Å². The van der Waals surface area contributed by atoms with Gasteiger partial charge in [-0.05, 0) is 55.7 Å². The summed E-state index contributed by atoms with van der Waals surface area (Å²) in [6.45, 7) is 3.84. The van der Waals surface area contributed by atoms with Gasteiger partial charge in [0, 0.05) is 43.5 Å². The van der Waals surface area contributed by atoms with E-state index in [1.165, 1.54) is 6.07 Å². The molecule has 3 atom stereocenters. The van der Waals surface area contributed by atoms with Crippen LogP contribution >= 0.6 is 0 Å². The molecule has 4 heterocycles. The molecular formula is C23H26N2O5. The van der Waals surface area contributed by atoms with Gasteiger partial charge < -0.3 is 19.3 Å². The molecule has 0 saturated carbocycles. The van der Waals surface area contributed by atoms with Crippen LogP contribution in [-0.4, -0.2) is 52.4 Å². The van der Waals surface area contributed by atoms with Gasteiger partial charge in [0.15, 0.2) is 0 Å². The van der Waals surface area contributed by atoms with Crippen LogP contribution in [0.15, 0.2) is 27.4 Å². The number of phenolic OH excluding ortho intramolecular Hbond substituents is 1. The summed E-state index contributed by atoms with van der Waals surface area (Å²) >= 11 is 0. The number of carbonyl (C=O) groups excluding carboxylic acids is 2. The molecule has 7 nitrogen and oxygen atoms in total. The van der Waals surface area contributed by atoms with E-state index in [1.807, 2.05) is 11.8 Å². The first-order valence-corrected chi connectivity index (χ1v) is 10.7. The van der Waals surface area contributed by atoms with E-state index in [2.05, 4.69) is 4.90 Å². The predicted molar refractivity (Wildman–Crippen MR) is 110 cm³/mol. The maximum atomic E-state index is 13.1. The van der Waals surface area contributed by atoms with E-state index in [-0.39, 0.29) is 30.0 Å². The van der Waals surface area contributed by atoms with Crippen LogP contribution in [0.4, 0.5) is 0 Å². The van der Waals surface area contributed by atoms with E-state index in [0.717, 1.165) is 36.8 Å². The minimum atomic E-state index is -0.528. The molecule has 2 bridgehead atoms. The number of aryl methyl sites for hydroxylation is 1. The highest BCUT2D eigenvalue weighted by Crippen LogP contribution is 2.38. The van der Waals surface area contributed by atoms with Gasteiger partial charge in [-0.15, -0.1) is 0 Å². The number of carbonyl (C=O) groups is 2. The fraction of sp³-hybridized carbons (Fsp3) is 0.522. The second kappa shape index (κ2) is 7.15. The fourth-order valence-electron chi connectivity index (χ4n) is 5.66. The highest BCUT2D eigenvalue weighted by atomic mass is 16.4. The second-order valence-electron chi connectivity index (χ2n) is 9.02. The SMILES string of the molecule is Cc1c(CC(=O)N2C[C@H]3C[C@@H](C2)[C@@H]2CCCC(=O)N2C3)c(=O)oc2cc(O)ccc12. The van der Waals surface area contributed by atoms with Crippen molar-refractivity contribution in [1.82, 2.24) is 9.80 Å². The van der Waals surface area contributed by atoms with Gasteiger partial charge in [-0.2, -0.15) is 0 Å². The molecule has 1 aromatic carbocycles. The number of benzene rings is 1. The molecule has 0 unspecified atom stereocenters. The highest BCUT2D eigenvalue weighted by Gasteiger charge is 2.44. The van der Waals surface area contributed by atoms with Crippen LogP contribution in [-0.2, 0) is 16.0 Å². The molecular weight excluding hydrogens is 384 g/mol. The predicted octanol–water partition coefficient (Wildman–Crippen LogP) is 2.21. The Morgan fingerprint density at radius 1 is 1.23 bits per heavy atom. The van der Waals surface area contributed by atoms with Crippen LogP contribution in [0.3, 0.4) is 0 Å². The van der Waals surface area contributed by atoms with Crippen molar-refractivity contribution < 1.29 is 19.1 Å². The van der Waals surface area contributed by atoms with Crippen molar-refractivity contribution in [2.45, 2.75) is 45.1 Å². The average Bonchev–Trinajstić information content (AvgIpc) is 2.71. The lowest BCUT2D eigenvalue weighted by molar-refractivity contribution is -0.148. The van der Waals surface area contributed by atoms with Crippen molar-refractivity contribution in [3.05, 3.63) is 39.7 Å². The number of aromatic hydroxyl groups is 1. The van der Waals surface area contributed by atoms with Gasteiger partial charge in [-0.1, -0.05) is 0 Å². The van der Waals surface area contributed by atoms with E-state index in [9.17, 15) is 19.5 Å². The minimum absolute atomic E-state index is 0.0116. The first-order chi connectivity index (χ1) is 14.4. The first-order valence-electron chi connectivity index (χ1n) is 10.7. The summed E-state index contributed by atoms with van der Waals surface area (Å²) in [7, 11) is 0. The van der Waals surface area contributed by atoms with Gasteiger partial charge >= 0.3 is 5.63 Å². The van der Waals surface area contributed by atoms with Crippen molar-refractivity contribution >= 4 is 22.8 Å². The lowest BCUT2D eigenvalue weighted by Crippen LogP contribution is -2.61. The Labute approximate surface area is 174 Å². The maximum absolute atomic E-state index is 13.1. The molecule has 0 aliphatic carbocycles. The summed E-state index contributed by atoms with van der Waals surface area (Å²) < 4.78 is 5.37. The molecule has 7 heteroatoms. The Hall–Kier alpha value is -2.83. The molecule has 1 N–H and O–H groups in total. The third kappa shape index (κ3) is 3.16. The first kappa shape index (κ1) is 19.2. The smallest absolute Gasteiger partial charge is 0.340 e. The molecule has 5 rings (SSSR count). The van der Waals surface area contributed by atoms with Gasteiger partial charge in [-0.3, -0.25) is 9.59 Å². The summed E-state index contributed by atoms with van der Waals surface area (Å²) in [6, 6.07) is 4.91. The van der Waals surface area contributed by atoms with Crippen molar-refractivity contribution in [3.63, 3.8) is 0 Å². The third-order valence-electron chi connectivity index (χ3n) is 7.13. The molecule has 30 heavy (non-hydrogen) atoms. The second-order valence-corrected chi connectivity index (χ2v) is 9.02. The van der Waals surface area contributed by atoms with E-state index in [4.69, 9.17) is 4.42 Å². The average molecular weight is 410 g/mol. The Kier molecular flexibility index (Phi) is 4.56. The lowest BCUT2D eigenvalue weighted by Gasteiger charge is -2.52. The van der Waals surface area contributed by atoms with Crippen LogP contribution in [0.25, 0.3) is 11.0 Å². The molecule has 3 fully saturated rings. The fourth-order valence-corrected chi connectivity index (χ4v) is 5.66. The normalized spacial score (nSPS) is 26.0. The number of likely N-dealkylation sites (tertiary alicyclic amines) is 1. The van der Waals surface area contributed by atoms with E-state index < -0.39 is 5.63 Å². The lowest BCUT2D eigenvalue weighted by atomic mass is 9.76. The number of hydrogen-bond donors (Lipinski definition) is 1. The molecule has 0 spiro atoms. The summed E-state index contributed by atoms with van der Waals surface area (Å²) in [5.41, 5.74) is 0.891. The van der Waals surface area contributed by atoms with E-state index in [0.29, 0.717) is 42.5 Å². The third-order valence-corrected chi connectivity index (χ3v) is 7.13. The summed E-state index contributed by atoms with van der Waals surface area (Å²) in [6.07, 6.45) is 3.68. The zero-order chi connectivity index (χ0) is 21.0. The number of fused-ring (bicyclic) bond motifs is 5.